The fraction of sp³-hybridized carbons (Fsp3) is 0.606. The van der Waals surface area contributed by atoms with Crippen molar-refractivity contribution in [1.82, 2.24) is 9.80 Å². The molecule has 0 aromatic heterocycles. The summed E-state index contributed by atoms with van der Waals surface area (Å²) in [7, 11) is 0. The first-order valence-corrected chi connectivity index (χ1v) is 15.5. The van der Waals surface area contributed by atoms with Gasteiger partial charge in [0.05, 0.1) is 12.6 Å². The summed E-state index contributed by atoms with van der Waals surface area (Å²) in [6.45, 7) is 13.2. The number of ether oxygens (including phenoxy) is 1. The number of aliphatic hydroxyl groups is 1. The van der Waals surface area contributed by atoms with Crippen molar-refractivity contribution in [3.63, 3.8) is 0 Å². The minimum absolute atomic E-state index is 0.0314. The molecule has 2 aromatic rings. The number of anilines is 1. The molecule has 256 valence electrons. The zero-order valence-electron chi connectivity index (χ0n) is 27.0. The predicted octanol–water partition coefficient (Wildman–Crippen LogP) is 6.73. The number of nitrogens with zero attached hydrogens (tertiary/aromatic N) is 4. The molecule has 0 saturated carbocycles. The van der Waals surface area contributed by atoms with E-state index in [4.69, 9.17) is 10.1 Å². The summed E-state index contributed by atoms with van der Waals surface area (Å²) < 4.78 is 87.4. The quantitative estimate of drug-likeness (QED) is 0.303. The summed E-state index contributed by atoms with van der Waals surface area (Å²) >= 11 is 0. The van der Waals surface area contributed by atoms with Gasteiger partial charge < -0.3 is 29.9 Å². The molecule has 0 radical (unpaired) electrons. The molecule has 1 N–H and O–H groups in total. The smallest absolute Gasteiger partial charge is 0.430 e. The van der Waals surface area contributed by atoms with Crippen LogP contribution in [0.4, 0.5) is 32.0 Å². The summed E-state index contributed by atoms with van der Waals surface area (Å²) in [6, 6.07) is 9.97. The Kier molecular flexibility index (Phi) is 10.3. The van der Waals surface area contributed by atoms with Crippen LogP contribution in [-0.2, 0) is 22.4 Å². The molecule has 2 aromatic carbocycles. The average molecular weight is 658 g/mol. The van der Waals surface area contributed by atoms with Crippen LogP contribution in [0, 0.1) is 0 Å². The first-order chi connectivity index (χ1) is 21.3. The minimum atomic E-state index is -5.96. The normalized spacial score (nSPS) is 23.3. The summed E-state index contributed by atoms with van der Waals surface area (Å²) in [5.74, 6) is 0.673. The van der Waals surface area contributed by atoms with E-state index in [1.54, 1.807) is 11.8 Å². The number of rotatable bonds is 9. The van der Waals surface area contributed by atoms with Gasteiger partial charge in [0, 0.05) is 36.4 Å². The van der Waals surface area contributed by atoms with Gasteiger partial charge in [-0.3, -0.25) is 4.79 Å². The molecule has 3 atom stereocenters. The second-order valence-electron chi connectivity index (χ2n) is 13.0. The van der Waals surface area contributed by atoms with E-state index in [0.29, 0.717) is 44.5 Å². The van der Waals surface area contributed by atoms with E-state index in [1.807, 2.05) is 68.7 Å². The number of amides is 1. The van der Waals surface area contributed by atoms with Gasteiger partial charge in [-0.2, -0.15) is 26.3 Å². The maximum absolute atomic E-state index is 13.6. The molecule has 13 heteroatoms. The zero-order chi connectivity index (χ0) is 34.2. The first-order valence-electron chi connectivity index (χ1n) is 15.5. The summed E-state index contributed by atoms with van der Waals surface area (Å²) in [6.07, 6.45) is -11.2. The van der Waals surface area contributed by atoms with Gasteiger partial charge in [0.1, 0.15) is 5.75 Å². The second kappa shape index (κ2) is 13.2. The molecule has 1 unspecified atom stereocenters. The molecule has 1 amide bonds. The highest BCUT2D eigenvalue weighted by molar-refractivity contribution is 5.79. The molecule has 46 heavy (non-hydrogen) atoms. The van der Waals surface area contributed by atoms with Crippen molar-refractivity contribution in [1.29, 1.82) is 0 Å². The number of carbonyl (C=O) groups excluding carboxylic acids is 1. The number of piperazine rings is 1. The van der Waals surface area contributed by atoms with Gasteiger partial charge in [-0.1, -0.05) is 62.3 Å². The van der Waals surface area contributed by atoms with Crippen LogP contribution >= 0.6 is 0 Å². The SMILES string of the molecule is CCCc1cc(C(O)(C(F)(F)F)C(F)(F)F)ccc1N1C[C@H](C)N(C(=O)CN2C[N-][C@](C)(c3cccc(OC(C)C)c3)C2)CC1C. The Labute approximate surface area is 266 Å². The third kappa shape index (κ3) is 7.11. The molecule has 2 aliphatic rings. The number of halogens is 6. The largest absolute Gasteiger partial charge is 0.640 e. The molecule has 0 aliphatic carbocycles. The Hall–Kier alpha value is -3.03. The van der Waals surface area contributed by atoms with Gasteiger partial charge in [-0.15, -0.1) is 0 Å². The Bertz CT molecular complexity index is 1370. The van der Waals surface area contributed by atoms with E-state index in [0.717, 1.165) is 17.4 Å². The maximum Gasteiger partial charge on any atom is 0.430 e. The van der Waals surface area contributed by atoms with Crippen LogP contribution in [-0.4, -0.2) is 84.2 Å². The van der Waals surface area contributed by atoms with Gasteiger partial charge in [0.2, 0.25) is 5.91 Å². The Morgan fingerprint density at radius 3 is 2.33 bits per heavy atom. The number of carbonyl (C=O) groups is 1. The van der Waals surface area contributed by atoms with Crippen LogP contribution in [0.5, 0.6) is 5.75 Å². The van der Waals surface area contributed by atoms with Crippen LogP contribution in [0.3, 0.4) is 0 Å². The van der Waals surface area contributed by atoms with E-state index >= 15 is 0 Å². The van der Waals surface area contributed by atoms with Gasteiger partial charge in [-0.25, -0.2) is 0 Å². The Balaban J connectivity index is 1.47. The number of aryl methyl sites for hydroxylation is 1. The van der Waals surface area contributed by atoms with Crippen molar-refractivity contribution in [2.24, 2.45) is 0 Å². The number of benzene rings is 2. The van der Waals surface area contributed by atoms with Gasteiger partial charge in [0.15, 0.2) is 0 Å². The summed E-state index contributed by atoms with van der Waals surface area (Å²) in [5.41, 5.74) is -5.02. The fourth-order valence-corrected chi connectivity index (χ4v) is 6.40. The molecule has 2 fully saturated rings. The van der Waals surface area contributed by atoms with Crippen LogP contribution in [0.2, 0.25) is 0 Å². The number of hydrogen-bond acceptors (Lipinski definition) is 5. The standard InChI is InChI=1S/C33H43F6N4O3/c1-7-9-24-14-26(31(45,32(34,35)36)33(37,38)39)12-13-28(24)42-16-23(5)43(17-22(42)4)29(44)18-41-19-30(6,40-20-41)25-10-8-11-27(15-25)46-21(2)3/h8,10-15,21-23,45H,7,9,16-20H2,1-6H3/q-1/t22?,23-,30-/m0/s1. The van der Waals surface area contributed by atoms with E-state index in [2.05, 4.69) is 0 Å². The predicted molar refractivity (Wildman–Crippen MR) is 164 cm³/mol. The van der Waals surface area contributed by atoms with E-state index < -0.39 is 29.1 Å². The molecule has 7 nitrogen and oxygen atoms in total. The highest BCUT2D eigenvalue weighted by Crippen LogP contribution is 2.50. The zero-order valence-corrected chi connectivity index (χ0v) is 27.0. The van der Waals surface area contributed by atoms with Gasteiger partial charge in [-0.05, 0) is 64.4 Å². The lowest BCUT2D eigenvalue weighted by atomic mass is 9.89. The molecular formula is C33H43F6N4O3-. The van der Waals surface area contributed by atoms with E-state index in [-0.39, 0.29) is 42.6 Å². The van der Waals surface area contributed by atoms with Crippen LogP contribution in [0.15, 0.2) is 42.5 Å². The maximum atomic E-state index is 13.6. The molecule has 2 saturated heterocycles. The van der Waals surface area contributed by atoms with Crippen molar-refractivity contribution < 1.29 is 41.0 Å². The van der Waals surface area contributed by atoms with E-state index in [1.165, 1.54) is 6.07 Å². The summed E-state index contributed by atoms with van der Waals surface area (Å²) in [4.78, 5) is 19.2. The lowest BCUT2D eigenvalue weighted by Crippen LogP contribution is -2.59. The van der Waals surface area contributed by atoms with Crippen molar-refractivity contribution in [2.75, 3.05) is 37.7 Å². The van der Waals surface area contributed by atoms with Crippen LogP contribution in [0.25, 0.3) is 5.32 Å². The highest BCUT2D eigenvalue weighted by atomic mass is 19.4. The molecule has 4 rings (SSSR count). The lowest BCUT2D eigenvalue weighted by molar-refractivity contribution is -0.376. The molecule has 0 bridgehead atoms. The van der Waals surface area contributed by atoms with Gasteiger partial charge >= 0.3 is 12.4 Å². The van der Waals surface area contributed by atoms with Crippen molar-refractivity contribution >= 4 is 11.6 Å². The highest BCUT2D eigenvalue weighted by Gasteiger charge is 2.71. The number of alkyl halides is 6. The molecule has 2 aliphatic heterocycles. The summed E-state index contributed by atoms with van der Waals surface area (Å²) in [5, 5.41) is 14.8. The van der Waals surface area contributed by atoms with Crippen LogP contribution < -0.4 is 9.64 Å². The molecular weight excluding hydrogens is 614 g/mol. The number of hydrogen-bond donors (Lipinski definition) is 1. The first kappa shape index (κ1) is 35.8. The monoisotopic (exact) mass is 657 g/mol. The van der Waals surface area contributed by atoms with Crippen LogP contribution in [0.1, 0.15) is 64.7 Å². The minimum Gasteiger partial charge on any atom is -0.640 e. The molecule has 2 heterocycles. The third-order valence-corrected chi connectivity index (χ3v) is 8.79. The topological polar surface area (TPSA) is 70.4 Å². The third-order valence-electron chi connectivity index (χ3n) is 8.79. The second-order valence-corrected chi connectivity index (χ2v) is 13.0. The van der Waals surface area contributed by atoms with Gasteiger partial charge in [0.25, 0.3) is 5.60 Å². The van der Waals surface area contributed by atoms with Crippen molar-refractivity contribution in [3.05, 3.63) is 64.5 Å². The molecule has 0 spiro atoms. The average Bonchev–Trinajstić information content (AvgIpc) is 3.33. The Morgan fingerprint density at radius 1 is 1.04 bits per heavy atom. The Morgan fingerprint density at radius 2 is 1.72 bits per heavy atom. The van der Waals surface area contributed by atoms with E-state index in [9.17, 15) is 36.2 Å². The lowest BCUT2D eigenvalue weighted by Gasteiger charge is -2.46. The van der Waals surface area contributed by atoms with Crippen molar-refractivity contribution in [2.45, 2.75) is 96.1 Å². The fourth-order valence-electron chi connectivity index (χ4n) is 6.40. The van der Waals surface area contributed by atoms with Crippen molar-refractivity contribution in [3.8, 4) is 5.75 Å².